The molecule has 0 spiro atoms. The van der Waals surface area contributed by atoms with Crippen molar-refractivity contribution in [1.29, 1.82) is 0 Å². The molecule has 2 fully saturated rings. The molecule has 2 atom stereocenters. The van der Waals surface area contributed by atoms with Crippen LogP contribution in [0, 0.1) is 0 Å². The van der Waals surface area contributed by atoms with Gasteiger partial charge in [0.25, 0.3) is 11.7 Å². The van der Waals surface area contributed by atoms with Gasteiger partial charge in [0.15, 0.2) is 0 Å². The molecule has 6 nitrogen and oxygen atoms in total. The minimum absolute atomic E-state index is 0.102. The first-order valence-electron chi connectivity index (χ1n) is 10.3. The number of carbonyl (C=O) groups is 2. The van der Waals surface area contributed by atoms with E-state index in [1.165, 1.54) is 0 Å². The van der Waals surface area contributed by atoms with Gasteiger partial charge in [-0.2, -0.15) is 0 Å². The Morgan fingerprint density at radius 3 is 2.39 bits per heavy atom. The van der Waals surface area contributed by atoms with Crippen LogP contribution in [0.1, 0.15) is 30.0 Å². The van der Waals surface area contributed by atoms with Gasteiger partial charge in [-0.25, -0.2) is 0 Å². The quantitative estimate of drug-likeness (QED) is 0.392. The maximum Gasteiger partial charge on any atom is 0.295 e. The summed E-state index contributed by atoms with van der Waals surface area (Å²) in [4.78, 5) is 29.6. The SMILES string of the molecule is CN(C)c1ccc(C2/C(=C(\O)c3ccc(Br)cc3)C(=O)C(=O)N2CC2CCCO2)cc1. The number of benzene rings is 2. The fraction of sp³-hybridized carbons (Fsp3) is 0.333. The fourth-order valence-electron chi connectivity index (χ4n) is 4.14. The standard InChI is InChI=1S/C24H25BrN2O4/c1-26(2)18-11-7-15(8-12-18)21-20(22(28)16-5-9-17(25)10-6-16)23(29)24(30)27(21)14-19-4-3-13-31-19/h5-12,19,21,28H,3-4,13-14H2,1-2H3/b22-20+. The lowest BCUT2D eigenvalue weighted by Gasteiger charge is -2.28. The number of hydrogen-bond donors (Lipinski definition) is 1. The molecule has 2 heterocycles. The number of ketones is 1. The van der Waals surface area contributed by atoms with Gasteiger partial charge in [0, 0.05) is 43.0 Å². The van der Waals surface area contributed by atoms with Crippen molar-refractivity contribution in [1.82, 2.24) is 4.90 Å². The third-order valence-corrected chi connectivity index (χ3v) is 6.34. The molecule has 2 saturated heterocycles. The van der Waals surface area contributed by atoms with Gasteiger partial charge in [0.2, 0.25) is 0 Å². The molecule has 0 aromatic heterocycles. The predicted molar refractivity (Wildman–Crippen MR) is 123 cm³/mol. The lowest BCUT2D eigenvalue weighted by molar-refractivity contribution is -0.140. The molecule has 1 amide bonds. The zero-order chi connectivity index (χ0) is 22.1. The van der Waals surface area contributed by atoms with E-state index in [1.807, 2.05) is 43.3 Å². The van der Waals surface area contributed by atoms with E-state index in [2.05, 4.69) is 15.9 Å². The Bertz CT molecular complexity index is 1010. The van der Waals surface area contributed by atoms with E-state index in [0.717, 1.165) is 28.6 Å². The average Bonchev–Trinajstić information content (AvgIpc) is 3.36. The lowest BCUT2D eigenvalue weighted by atomic mass is 9.95. The van der Waals surface area contributed by atoms with E-state index in [0.29, 0.717) is 18.7 Å². The molecule has 0 aliphatic carbocycles. The number of likely N-dealkylation sites (tertiary alicyclic amines) is 1. The second kappa shape index (κ2) is 8.85. The van der Waals surface area contributed by atoms with Crippen molar-refractivity contribution in [3.8, 4) is 0 Å². The monoisotopic (exact) mass is 484 g/mol. The van der Waals surface area contributed by atoms with Crippen LogP contribution in [0.2, 0.25) is 0 Å². The highest BCUT2D eigenvalue weighted by atomic mass is 79.9. The van der Waals surface area contributed by atoms with Gasteiger partial charge in [-0.15, -0.1) is 0 Å². The second-order valence-corrected chi connectivity index (χ2v) is 9.00. The maximum absolute atomic E-state index is 13.1. The second-order valence-electron chi connectivity index (χ2n) is 8.08. The number of anilines is 1. The van der Waals surface area contributed by atoms with Gasteiger partial charge >= 0.3 is 0 Å². The van der Waals surface area contributed by atoms with E-state index in [1.54, 1.807) is 29.2 Å². The molecule has 0 saturated carbocycles. The Morgan fingerprint density at radius 1 is 1.13 bits per heavy atom. The van der Waals surface area contributed by atoms with E-state index in [-0.39, 0.29) is 17.4 Å². The van der Waals surface area contributed by atoms with Crippen LogP contribution in [-0.2, 0) is 14.3 Å². The molecule has 1 N–H and O–H groups in total. The van der Waals surface area contributed by atoms with Crippen LogP contribution in [0.5, 0.6) is 0 Å². The number of hydrogen-bond acceptors (Lipinski definition) is 5. The number of halogens is 1. The Balaban J connectivity index is 1.80. The molecule has 0 radical (unpaired) electrons. The number of nitrogens with zero attached hydrogens (tertiary/aromatic N) is 2. The molecule has 2 aromatic rings. The van der Waals surface area contributed by atoms with Crippen molar-refractivity contribution in [3.05, 3.63) is 69.7 Å². The minimum atomic E-state index is -0.667. The number of aliphatic hydroxyl groups excluding tert-OH is 1. The number of aliphatic hydroxyl groups is 1. The topological polar surface area (TPSA) is 70.1 Å². The molecule has 2 aliphatic heterocycles. The number of rotatable bonds is 5. The highest BCUT2D eigenvalue weighted by Crippen LogP contribution is 2.40. The lowest BCUT2D eigenvalue weighted by Crippen LogP contribution is -2.36. The third-order valence-electron chi connectivity index (χ3n) is 5.81. The van der Waals surface area contributed by atoms with Crippen molar-refractivity contribution >= 4 is 39.1 Å². The Morgan fingerprint density at radius 2 is 1.81 bits per heavy atom. The molecule has 31 heavy (non-hydrogen) atoms. The van der Waals surface area contributed by atoms with Crippen LogP contribution in [0.3, 0.4) is 0 Å². The summed E-state index contributed by atoms with van der Waals surface area (Å²) in [6.45, 7) is 0.984. The molecule has 2 unspecified atom stereocenters. The molecular weight excluding hydrogens is 460 g/mol. The van der Waals surface area contributed by atoms with Gasteiger partial charge in [0.05, 0.1) is 17.7 Å². The highest BCUT2D eigenvalue weighted by Gasteiger charge is 2.47. The first kappa shape index (κ1) is 21.6. The summed E-state index contributed by atoms with van der Waals surface area (Å²) in [5, 5.41) is 11.1. The minimum Gasteiger partial charge on any atom is -0.507 e. The van der Waals surface area contributed by atoms with Crippen LogP contribution in [0.4, 0.5) is 5.69 Å². The van der Waals surface area contributed by atoms with Gasteiger partial charge in [-0.1, -0.05) is 40.2 Å². The number of carbonyl (C=O) groups excluding carboxylic acids is 2. The molecule has 162 valence electrons. The van der Waals surface area contributed by atoms with Crippen molar-refractivity contribution in [3.63, 3.8) is 0 Å². The Hall–Kier alpha value is -2.64. The van der Waals surface area contributed by atoms with Gasteiger partial charge < -0.3 is 19.6 Å². The largest absolute Gasteiger partial charge is 0.507 e. The molecule has 4 rings (SSSR count). The van der Waals surface area contributed by atoms with Gasteiger partial charge in [-0.3, -0.25) is 9.59 Å². The van der Waals surface area contributed by atoms with Crippen LogP contribution in [-0.4, -0.2) is 55.0 Å². The zero-order valence-corrected chi connectivity index (χ0v) is 19.1. The van der Waals surface area contributed by atoms with Gasteiger partial charge in [0.1, 0.15) is 5.76 Å². The number of ether oxygens (including phenoxy) is 1. The zero-order valence-electron chi connectivity index (χ0n) is 17.5. The van der Waals surface area contributed by atoms with Crippen LogP contribution in [0.15, 0.2) is 58.6 Å². The first-order chi connectivity index (χ1) is 14.9. The predicted octanol–water partition coefficient (Wildman–Crippen LogP) is 4.12. The van der Waals surface area contributed by atoms with E-state index in [4.69, 9.17) is 4.74 Å². The molecular formula is C24H25BrN2O4. The summed E-state index contributed by atoms with van der Waals surface area (Å²) in [6, 6.07) is 14.1. The maximum atomic E-state index is 13.1. The summed E-state index contributed by atoms with van der Waals surface area (Å²) >= 11 is 3.38. The van der Waals surface area contributed by atoms with Crippen molar-refractivity contribution in [2.75, 3.05) is 32.1 Å². The summed E-state index contributed by atoms with van der Waals surface area (Å²) in [5.41, 5.74) is 2.39. The van der Waals surface area contributed by atoms with Crippen LogP contribution >= 0.6 is 15.9 Å². The summed E-state index contributed by atoms with van der Waals surface area (Å²) in [7, 11) is 3.90. The summed E-state index contributed by atoms with van der Waals surface area (Å²) in [5.74, 6) is -1.43. The van der Waals surface area contributed by atoms with Crippen molar-refractivity contribution in [2.45, 2.75) is 25.0 Å². The van der Waals surface area contributed by atoms with E-state index >= 15 is 0 Å². The molecule has 2 aromatic carbocycles. The Kier molecular flexibility index (Phi) is 6.16. The van der Waals surface area contributed by atoms with Crippen molar-refractivity contribution in [2.24, 2.45) is 0 Å². The fourth-order valence-corrected chi connectivity index (χ4v) is 4.40. The van der Waals surface area contributed by atoms with Crippen molar-refractivity contribution < 1.29 is 19.4 Å². The first-order valence-corrected chi connectivity index (χ1v) is 11.1. The highest BCUT2D eigenvalue weighted by molar-refractivity contribution is 9.10. The number of amides is 1. The van der Waals surface area contributed by atoms with E-state index < -0.39 is 17.7 Å². The summed E-state index contributed by atoms with van der Waals surface area (Å²) < 4.78 is 6.59. The smallest absolute Gasteiger partial charge is 0.295 e. The molecule has 2 aliphatic rings. The number of Topliss-reactive ketones (excluding diaryl/α,β-unsaturated/α-hetero) is 1. The van der Waals surface area contributed by atoms with Crippen LogP contribution < -0.4 is 4.90 Å². The molecule has 7 heteroatoms. The van der Waals surface area contributed by atoms with E-state index in [9.17, 15) is 14.7 Å². The third kappa shape index (κ3) is 4.25. The van der Waals surface area contributed by atoms with Gasteiger partial charge in [-0.05, 0) is 42.7 Å². The Labute approximate surface area is 190 Å². The average molecular weight is 485 g/mol. The van der Waals surface area contributed by atoms with Crippen LogP contribution in [0.25, 0.3) is 5.76 Å². The summed E-state index contributed by atoms with van der Waals surface area (Å²) in [6.07, 6.45) is 1.69. The normalized spacial score (nSPS) is 22.9. The molecule has 0 bridgehead atoms.